The molecule has 0 aromatic carbocycles. The molecular weight excluding hydrogens is 272 g/mol. The summed E-state index contributed by atoms with van der Waals surface area (Å²) in [5.74, 6) is -0.467. The van der Waals surface area contributed by atoms with Gasteiger partial charge in [0.25, 0.3) is 0 Å². The third kappa shape index (κ3) is 4.98. The first-order valence-electron chi connectivity index (χ1n) is 5.97. The Hall–Kier alpha value is -1.44. The Kier molecular flexibility index (Phi) is 5.94. The van der Waals surface area contributed by atoms with Crippen molar-refractivity contribution in [3.63, 3.8) is 0 Å². The van der Waals surface area contributed by atoms with Gasteiger partial charge in [-0.15, -0.1) is 0 Å². The van der Waals surface area contributed by atoms with E-state index in [1.165, 1.54) is 4.90 Å². The zero-order valence-electron chi connectivity index (χ0n) is 10.7. The van der Waals surface area contributed by atoms with E-state index in [1.54, 1.807) is 18.8 Å². The lowest BCUT2D eigenvalue weighted by molar-refractivity contribution is -0.140. The van der Waals surface area contributed by atoms with Crippen LogP contribution in [0, 0.1) is 0 Å². The normalized spacial score (nSPS) is 19.7. The fourth-order valence-electron chi connectivity index (χ4n) is 1.77. The smallest absolute Gasteiger partial charge is 0.326 e. The number of carbonyl (C=O) groups is 3. The molecule has 108 valence electrons. The van der Waals surface area contributed by atoms with Crippen LogP contribution in [0.15, 0.2) is 0 Å². The first-order valence-corrected chi connectivity index (χ1v) is 7.13. The van der Waals surface area contributed by atoms with Crippen LogP contribution in [0.2, 0.25) is 0 Å². The van der Waals surface area contributed by atoms with Crippen LogP contribution in [-0.4, -0.2) is 63.7 Å². The molecule has 19 heavy (non-hydrogen) atoms. The lowest BCUT2D eigenvalue weighted by Crippen LogP contribution is -2.50. The minimum atomic E-state index is -1.22. The Bertz CT molecular complexity index is 357. The maximum atomic E-state index is 11.9. The molecule has 3 N–H and O–H groups in total. The van der Waals surface area contributed by atoms with Gasteiger partial charge in [0.2, 0.25) is 0 Å². The van der Waals surface area contributed by atoms with E-state index >= 15 is 0 Å². The number of hydrogen-bond donors (Lipinski definition) is 3. The summed E-state index contributed by atoms with van der Waals surface area (Å²) >= 11 is 1.75. The topological polar surface area (TPSA) is 107 Å². The summed E-state index contributed by atoms with van der Waals surface area (Å²) in [7, 11) is 1.63. The number of thioether (sulfide) groups is 1. The average molecular weight is 290 g/mol. The average Bonchev–Trinajstić information content (AvgIpc) is 2.86. The summed E-state index contributed by atoms with van der Waals surface area (Å²) in [6.07, 6.45) is 0.478. The molecule has 1 fully saturated rings. The molecule has 2 atom stereocenters. The van der Waals surface area contributed by atoms with Crippen LogP contribution in [-0.2, 0) is 9.59 Å². The molecule has 1 aliphatic heterocycles. The number of carboxylic acids is 2. The van der Waals surface area contributed by atoms with Crippen LogP contribution in [0.1, 0.15) is 19.3 Å². The van der Waals surface area contributed by atoms with Crippen LogP contribution in [0.3, 0.4) is 0 Å². The van der Waals surface area contributed by atoms with Gasteiger partial charge in [0, 0.05) is 25.3 Å². The molecule has 1 aliphatic rings. The molecule has 0 saturated carbocycles. The Morgan fingerprint density at radius 2 is 2.11 bits per heavy atom. The van der Waals surface area contributed by atoms with E-state index in [9.17, 15) is 14.4 Å². The van der Waals surface area contributed by atoms with Gasteiger partial charge in [-0.25, -0.2) is 9.59 Å². The summed E-state index contributed by atoms with van der Waals surface area (Å²) in [5.41, 5.74) is 0. The highest BCUT2D eigenvalue weighted by molar-refractivity contribution is 7.99. The Balaban J connectivity index is 2.50. The van der Waals surface area contributed by atoms with Crippen LogP contribution >= 0.6 is 11.8 Å². The fourth-order valence-corrected chi connectivity index (χ4v) is 3.04. The van der Waals surface area contributed by atoms with E-state index in [-0.39, 0.29) is 18.9 Å². The van der Waals surface area contributed by atoms with Crippen LogP contribution in [0.5, 0.6) is 0 Å². The van der Waals surface area contributed by atoms with E-state index in [0.29, 0.717) is 0 Å². The van der Waals surface area contributed by atoms with Crippen molar-refractivity contribution < 1.29 is 24.6 Å². The molecule has 1 unspecified atom stereocenters. The molecular formula is C11H18N2O5S. The third-order valence-electron chi connectivity index (χ3n) is 3.02. The predicted molar refractivity (Wildman–Crippen MR) is 70.3 cm³/mol. The Morgan fingerprint density at radius 1 is 1.42 bits per heavy atom. The summed E-state index contributed by atoms with van der Waals surface area (Å²) in [6, 6.07) is -1.52. The van der Waals surface area contributed by atoms with E-state index < -0.39 is 24.0 Å². The molecule has 0 aromatic heterocycles. The van der Waals surface area contributed by atoms with Gasteiger partial charge in [-0.05, 0) is 18.6 Å². The predicted octanol–water partition coefficient (Wildman–Crippen LogP) is 0.451. The highest BCUT2D eigenvalue weighted by atomic mass is 32.2. The van der Waals surface area contributed by atoms with Crippen molar-refractivity contribution in [2.75, 3.05) is 18.6 Å². The zero-order valence-corrected chi connectivity index (χ0v) is 11.5. The third-order valence-corrected chi connectivity index (χ3v) is 4.16. The highest BCUT2D eigenvalue weighted by Gasteiger charge is 2.27. The van der Waals surface area contributed by atoms with Gasteiger partial charge in [-0.3, -0.25) is 4.79 Å². The number of urea groups is 1. The van der Waals surface area contributed by atoms with Crippen molar-refractivity contribution in [3.8, 4) is 0 Å². The second-order valence-corrected chi connectivity index (χ2v) is 5.55. The lowest BCUT2D eigenvalue weighted by atomic mass is 10.1. The molecule has 1 heterocycles. The van der Waals surface area contributed by atoms with E-state index in [2.05, 4.69) is 5.32 Å². The van der Waals surface area contributed by atoms with Crippen molar-refractivity contribution in [2.24, 2.45) is 0 Å². The number of carboxylic acid groups (broad SMARTS) is 2. The molecule has 8 heteroatoms. The molecule has 0 aliphatic carbocycles. The highest BCUT2D eigenvalue weighted by Crippen LogP contribution is 2.21. The molecule has 2 amide bonds. The van der Waals surface area contributed by atoms with Crippen LogP contribution in [0.4, 0.5) is 4.79 Å². The first-order chi connectivity index (χ1) is 8.91. The van der Waals surface area contributed by atoms with Gasteiger partial charge >= 0.3 is 18.0 Å². The number of aliphatic carboxylic acids is 2. The van der Waals surface area contributed by atoms with Crippen molar-refractivity contribution in [3.05, 3.63) is 0 Å². The van der Waals surface area contributed by atoms with Gasteiger partial charge in [0.05, 0.1) is 0 Å². The van der Waals surface area contributed by atoms with Crippen LogP contribution in [0.25, 0.3) is 0 Å². The number of amides is 2. The number of carbonyl (C=O) groups excluding carboxylic acids is 1. The molecule has 7 nitrogen and oxygen atoms in total. The maximum absolute atomic E-state index is 11.9. The number of rotatable bonds is 6. The summed E-state index contributed by atoms with van der Waals surface area (Å²) in [4.78, 5) is 34.8. The number of nitrogens with one attached hydrogen (secondary N) is 1. The van der Waals surface area contributed by atoms with Crippen molar-refractivity contribution >= 4 is 29.7 Å². The molecule has 0 bridgehead atoms. The van der Waals surface area contributed by atoms with Gasteiger partial charge in [0.15, 0.2) is 0 Å². The number of hydrogen-bond acceptors (Lipinski definition) is 4. The largest absolute Gasteiger partial charge is 0.481 e. The minimum absolute atomic E-state index is 0.110. The van der Waals surface area contributed by atoms with Gasteiger partial charge in [0.1, 0.15) is 6.04 Å². The van der Waals surface area contributed by atoms with E-state index in [1.807, 2.05) is 0 Å². The standard InChI is InChI=1S/C11H18N2O5S/c1-13(7-4-5-19-6-7)11(18)12-8(10(16)17)2-3-9(14)15/h7-8H,2-6H2,1H3,(H,12,18)(H,14,15)(H,16,17)/t7?,8-/m0/s1. The van der Waals surface area contributed by atoms with Crippen molar-refractivity contribution in [1.29, 1.82) is 0 Å². The van der Waals surface area contributed by atoms with Gasteiger partial charge < -0.3 is 20.4 Å². The Morgan fingerprint density at radius 3 is 2.58 bits per heavy atom. The summed E-state index contributed by atoms with van der Waals surface area (Å²) in [5, 5.41) is 19.9. The van der Waals surface area contributed by atoms with Crippen LogP contribution < -0.4 is 5.32 Å². The van der Waals surface area contributed by atoms with Crippen molar-refractivity contribution in [2.45, 2.75) is 31.3 Å². The Labute approximate surface area is 115 Å². The molecule has 0 radical (unpaired) electrons. The molecule has 0 spiro atoms. The van der Waals surface area contributed by atoms with E-state index in [4.69, 9.17) is 10.2 Å². The summed E-state index contributed by atoms with van der Waals surface area (Å²) in [6.45, 7) is 0. The molecule has 0 aromatic rings. The monoisotopic (exact) mass is 290 g/mol. The summed E-state index contributed by atoms with van der Waals surface area (Å²) < 4.78 is 0. The first kappa shape index (κ1) is 15.6. The SMILES string of the molecule is CN(C(=O)N[C@@H](CCC(=O)O)C(=O)O)C1CCSC1. The molecule has 1 saturated heterocycles. The fraction of sp³-hybridized carbons (Fsp3) is 0.727. The second-order valence-electron chi connectivity index (χ2n) is 4.40. The van der Waals surface area contributed by atoms with Gasteiger partial charge in [-0.1, -0.05) is 0 Å². The van der Waals surface area contributed by atoms with Crippen molar-refractivity contribution in [1.82, 2.24) is 10.2 Å². The minimum Gasteiger partial charge on any atom is -0.481 e. The van der Waals surface area contributed by atoms with E-state index in [0.717, 1.165) is 17.9 Å². The second kappa shape index (κ2) is 7.22. The zero-order chi connectivity index (χ0) is 14.4. The lowest BCUT2D eigenvalue weighted by Gasteiger charge is -2.25. The maximum Gasteiger partial charge on any atom is 0.326 e. The number of nitrogens with zero attached hydrogens (tertiary/aromatic N) is 1. The molecule has 1 rings (SSSR count). The van der Waals surface area contributed by atoms with Gasteiger partial charge in [-0.2, -0.15) is 11.8 Å². The quantitative estimate of drug-likeness (QED) is 0.655.